The summed E-state index contributed by atoms with van der Waals surface area (Å²) >= 11 is 0. The van der Waals surface area contributed by atoms with Crippen molar-refractivity contribution in [2.45, 2.75) is 32.1 Å². The SMILES string of the molecule is C#Cc1cc(C)c(C2C(=O)C3CCC(C3)C2=O)c(OC)c1. The predicted octanol–water partition coefficient (Wildman–Crippen LogP) is 2.64. The van der Waals surface area contributed by atoms with Gasteiger partial charge in [0.05, 0.1) is 7.11 Å². The number of carbonyl (C=O) groups is 2. The number of benzene rings is 1. The van der Waals surface area contributed by atoms with Crippen LogP contribution in [-0.2, 0) is 9.59 Å². The number of aryl methyl sites for hydroxylation is 1. The Labute approximate surface area is 124 Å². The Morgan fingerprint density at radius 1 is 1.19 bits per heavy atom. The highest BCUT2D eigenvalue weighted by atomic mass is 16.5. The molecule has 2 aliphatic rings. The van der Waals surface area contributed by atoms with E-state index >= 15 is 0 Å². The summed E-state index contributed by atoms with van der Waals surface area (Å²) in [6.45, 7) is 1.88. The molecule has 2 saturated carbocycles. The van der Waals surface area contributed by atoms with Gasteiger partial charge in [0.25, 0.3) is 0 Å². The molecule has 0 saturated heterocycles. The Kier molecular flexibility index (Phi) is 3.33. The van der Waals surface area contributed by atoms with Crippen LogP contribution in [0.1, 0.15) is 41.9 Å². The first-order chi connectivity index (χ1) is 10.1. The summed E-state index contributed by atoms with van der Waals surface area (Å²) in [5.41, 5.74) is 2.27. The summed E-state index contributed by atoms with van der Waals surface area (Å²) in [5, 5.41) is 0. The molecule has 1 aromatic rings. The molecule has 0 aromatic heterocycles. The number of ketones is 2. The molecule has 2 aliphatic carbocycles. The van der Waals surface area contributed by atoms with Gasteiger partial charge in [0, 0.05) is 23.0 Å². The molecule has 2 atom stereocenters. The first-order valence-corrected chi connectivity index (χ1v) is 7.29. The summed E-state index contributed by atoms with van der Waals surface area (Å²) in [5.74, 6) is 2.65. The molecule has 2 unspecified atom stereocenters. The van der Waals surface area contributed by atoms with Crippen molar-refractivity contribution in [3.05, 3.63) is 28.8 Å². The lowest BCUT2D eigenvalue weighted by Gasteiger charge is -2.28. The highest BCUT2D eigenvalue weighted by molar-refractivity contribution is 6.12. The van der Waals surface area contributed by atoms with Gasteiger partial charge in [0.1, 0.15) is 11.7 Å². The minimum atomic E-state index is -0.668. The minimum Gasteiger partial charge on any atom is -0.496 e. The van der Waals surface area contributed by atoms with E-state index in [1.165, 1.54) is 0 Å². The summed E-state index contributed by atoms with van der Waals surface area (Å²) < 4.78 is 5.41. The molecular weight excluding hydrogens is 264 g/mol. The first kappa shape index (κ1) is 13.9. The number of Topliss-reactive ketones (excluding diaryl/α,β-unsaturated/α-hetero) is 2. The predicted molar refractivity (Wildman–Crippen MR) is 79.3 cm³/mol. The van der Waals surface area contributed by atoms with Crippen LogP contribution >= 0.6 is 0 Å². The topological polar surface area (TPSA) is 43.4 Å². The molecule has 3 nitrogen and oxygen atoms in total. The maximum absolute atomic E-state index is 12.7. The number of terminal acetylenes is 1. The van der Waals surface area contributed by atoms with Gasteiger partial charge in [-0.25, -0.2) is 0 Å². The van der Waals surface area contributed by atoms with Gasteiger partial charge in [0.2, 0.25) is 0 Å². The standard InChI is InChI=1S/C18H18O3/c1-4-11-7-10(2)15(14(8-11)21-3)16-17(19)12-5-6-13(9-12)18(16)20/h1,7-8,12-13,16H,5-6,9H2,2-3H3. The number of methoxy groups -OCH3 is 1. The summed E-state index contributed by atoms with van der Waals surface area (Å²) in [6, 6.07) is 3.58. The van der Waals surface area contributed by atoms with Crippen molar-refractivity contribution in [2.75, 3.05) is 7.11 Å². The van der Waals surface area contributed by atoms with E-state index in [2.05, 4.69) is 5.92 Å². The van der Waals surface area contributed by atoms with Crippen LogP contribution in [0.2, 0.25) is 0 Å². The van der Waals surface area contributed by atoms with Gasteiger partial charge >= 0.3 is 0 Å². The molecule has 0 aliphatic heterocycles. The molecule has 108 valence electrons. The number of ether oxygens (including phenoxy) is 1. The third kappa shape index (κ3) is 2.06. The van der Waals surface area contributed by atoms with Gasteiger partial charge in [-0.15, -0.1) is 6.42 Å². The Morgan fingerprint density at radius 2 is 1.81 bits per heavy atom. The van der Waals surface area contributed by atoms with Gasteiger partial charge in [-0.3, -0.25) is 9.59 Å². The first-order valence-electron chi connectivity index (χ1n) is 7.29. The molecule has 0 heterocycles. The third-order valence-electron chi connectivity index (χ3n) is 4.83. The van der Waals surface area contributed by atoms with Crippen molar-refractivity contribution in [1.82, 2.24) is 0 Å². The quantitative estimate of drug-likeness (QED) is 0.618. The van der Waals surface area contributed by atoms with Crippen LogP contribution in [0.3, 0.4) is 0 Å². The molecule has 3 rings (SSSR count). The van der Waals surface area contributed by atoms with E-state index in [0.29, 0.717) is 16.9 Å². The number of fused-ring (bicyclic) bond motifs is 2. The fourth-order valence-electron chi connectivity index (χ4n) is 3.78. The van der Waals surface area contributed by atoms with E-state index in [4.69, 9.17) is 11.2 Å². The van der Waals surface area contributed by atoms with Crippen molar-refractivity contribution >= 4 is 11.6 Å². The molecule has 0 amide bonds. The lowest BCUT2D eigenvalue weighted by molar-refractivity contribution is -0.136. The number of hydrogen-bond donors (Lipinski definition) is 0. The molecule has 2 fully saturated rings. The maximum atomic E-state index is 12.7. The van der Waals surface area contributed by atoms with Crippen LogP contribution in [-0.4, -0.2) is 18.7 Å². The van der Waals surface area contributed by atoms with Crippen LogP contribution in [0.25, 0.3) is 0 Å². The van der Waals surface area contributed by atoms with E-state index in [0.717, 1.165) is 24.8 Å². The van der Waals surface area contributed by atoms with Crippen LogP contribution in [0.4, 0.5) is 0 Å². The molecular formula is C18H18O3. The Hall–Kier alpha value is -2.08. The molecule has 2 bridgehead atoms. The summed E-state index contributed by atoms with van der Waals surface area (Å²) in [7, 11) is 1.55. The highest BCUT2D eigenvalue weighted by Crippen LogP contribution is 2.46. The Balaban J connectivity index is 2.14. The molecule has 3 heteroatoms. The zero-order chi connectivity index (χ0) is 15.1. The van der Waals surface area contributed by atoms with E-state index in [-0.39, 0.29) is 23.4 Å². The Morgan fingerprint density at radius 3 is 2.33 bits per heavy atom. The van der Waals surface area contributed by atoms with Crippen LogP contribution in [0.15, 0.2) is 12.1 Å². The Bertz CT molecular complexity index is 644. The third-order valence-corrected chi connectivity index (χ3v) is 4.83. The monoisotopic (exact) mass is 282 g/mol. The average molecular weight is 282 g/mol. The largest absolute Gasteiger partial charge is 0.496 e. The smallest absolute Gasteiger partial charge is 0.151 e. The van der Waals surface area contributed by atoms with Crippen LogP contribution in [0.5, 0.6) is 5.75 Å². The van der Waals surface area contributed by atoms with Crippen molar-refractivity contribution in [1.29, 1.82) is 0 Å². The molecule has 21 heavy (non-hydrogen) atoms. The van der Waals surface area contributed by atoms with Crippen LogP contribution < -0.4 is 4.74 Å². The van der Waals surface area contributed by atoms with Gasteiger partial charge in [0.15, 0.2) is 11.6 Å². The van der Waals surface area contributed by atoms with E-state index in [1.807, 2.05) is 13.0 Å². The number of hydrogen-bond acceptors (Lipinski definition) is 3. The average Bonchev–Trinajstić information content (AvgIpc) is 2.93. The van der Waals surface area contributed by atoms with Gasteiger partial charge in [-0.05, 0) is 43.9 Å². The van der Waals surface area contributed by atoms with Gasteiger partial charge < -0.3 is 4.74 Å². The second-order valence-electron chi connectivity index (χ2n) is 6.00. The lowest BCUT2D eigenvalue weighted by atomic mass is 9.74. The summed E-state index contributed by atoms with van der Waals surface area (Å²) in [6.07, 6.45) is 7.86. The minimum absolute atomic E-state index is 0.0362. The van der Waals surface area contributed by atoms with Crippen molar-refractivity contribution in [2.24, 2.45) is 11.8 Å². The van der Waals surface area contributed by atoms with Crippen molar-refractivity contribution in [3.8, 4) is 18.1 Å². The normalized spacial score (nSPS) is 27.6. The molecule has 0 radical (unpaired) electrons. The van der Waals surface area contributed by atoms with E-state index in [9.17, 15) is 9.59 Å². The van der Waals surface area contributed by atoms with Crippen molar-refractivity contribution < 1.29 is 14.3 Å². The number of rotatable bonds is 2. The van der Waals surface area contributed by atoms with Crippen LogP contribution in [0, 0.1) is 31.1 Å². The zero-order valence-corrected chi connectivity index (χ0v) is 12.3. The van der Waals surface area contributed by atoms with Crippen molar-refractivity contribution in [3.63, 3.8) is 0 Å². The highest BCUT2D eigenvalue weighted by Gasteiger charge is 2.48. The number of carbonyl (C=O) groups excluding carboxylic acids is 2. The lowest BCUT2D eigenvalue weighted by Crippen LogP contribution is -2.35. The fraction of sp³-hybridized carbons (Fsp3) is 0.444. The van der Waals surface area contributed by atoms with E-state index < -0.39 is 5.92 Å². The molecule has 0 spiro atoms. The molecule has 1 aromatic carbocycles. The maximum Gasteiger partial charge on any atom is 0.151 e. The summed E-state index contributed by atoms with van der Waals surface area (Å²) in [4.78, 5) is 25.3. The van der Waals surface area contributed by atoms with Gasteiger partial charge in [-0.2, -0.15) is 0 Å². The van der Waals surface area contributed by atoms with Gasteiger partial charge in [-0.1, -0.05) is 5.92 Å². The zero-order valence-electron chi connectivity index (χ0n) is 12.3. The second kappa shape index (κ2) is 5.04. The van der Waals surface area contributed by atoms with E-state index in [1.54, 1.807) is 13.2 Å². The molecule has 0 N–H and O–H groups in total. The second-order valence-corrected chi connectivity index (χ2v) is 6.00. The fourth-order valence-corrected chi connectivity index (χ4v) is 3.78.